The van der Waals surface area contributed by atoms with Crippen LogP contribution in [0.1, 0.15) is 40.1 Å². The molecule has 0 aliphatic rings. The van der Waals surface area contributed by atoms with E-state index in [9.17, 15) is 9.18 Å². The summed E-state index contributed by atoms with van der Waals surface area (Å²) in [6, 6.07) is 14.2. The number of aryl methyl sites for hydroxylation is 2. The first-order valence-electron chi connectivity index (χ1n) is 9.86. The predicted molar refractivity (Wildman–Crippen MR) is 118 cm³/mol. The van der Waals surface area contributed by atoms with Gasteiger partial charge in [-0.05, 0) is 62.8 Å². The molecule has 7 heteroatoms. The summed E-state index contributed by atoms with van der Waals surface area (Å²) in [6.07, 6.45) is 0.986. The van der Waals surface area contributed by atoms with Crippen molar-refractivity contribution in [3.05, 3.63) is 81.9 Å². The maximum atomic E-state index is 13.2. The van der Waals surface area contributed by atoms with E-state index >= 15 is 0 Å². The number of hydrogen-bond acceptors (Lipinski definition) is 3. The first-order valence-corrected chi connectivity index (χ1v) is 10.2. The summed E-state index contributed by atoms with van der Waals surface area (Å²) in [5.41, 5.74) is 3.82. The van der Waals surface area contributed by atoms with Crippen LogP contribution in [0.3, 0.4) is 0 Å². The summed E-state index contributed by atoms with van der Waals surface area (Å²) in [6.45, 7) is 4.28. The zero-order chi connectivity index (χ0) is 21.8. The average Bonchev–Trinajstić information content (AvgIpc) is 3.03. The lowest BCUT2D eigenvalue weighted by atomic mass is 10.0. The minimum absolute atomic E-state index is 0.0195. The number of amides is 1. The lowest BCUT2D eigenvalue weighted by molar-refractivity contribution is 0.0941. The summed E-state index contributed by atoms with van der Waals surface area (Å²) in [5.74, 6) is -0.638. The summed E-state index contributed by atoms with van der Waals surface area (Å²) in [7, 11) is 3.96. The van der Waals surface area contributed by atoms with Gasteiger partial charge >= 0.3 is 0 Å². The molecule has 30 heavy (non-hydrogen) atoms. The molecule has 1 N–H and O–H groups in total. The number of carbonyl (C=O) groups excluding carboxylic acids is 1. The van der Waals surface area contributed by atoms with Gasteiger partial charge < -0.3 is 10.2 Å². The number of aromatic nitrogens is 2. The Morgan fingerprint density at radius 2 is 1.80 bits per heavy atom. The topological polar surface area (TPSA) is 50.2 Å². The van der Waals surface area contributed by atoms with Crippen LogP contribution in [-0.4, -0.2) is 41.2 Å². The molecule has 0 aliphatic heterocycles. The van der Waals surface area contributed by atoms with Gasteiger partial charge in [0, 0.05) is 6.54 Å². The highest BCUT2D eigenvalue weighted by Gasteiger charge is 2.23. The number of likely N-dealkylation sites (N-methyl/N-ethyl adjacent to an activating group) is 1. The minimum Gasteiger partial charge on any atom is -0.350 e. The molecule has 0 aliphatic carbocycles. The van der Waals surface area contributed by atoms with Crippen molar-refractivity contribution >= 4 is 17.5 Å². The van der Waals surface area contributed by atoms with Crippen molar-refractivity contribution in [1.29, 1.82) is 0 Å². The molecule has 2 aromatic carbocycles. The molecule has 5 nitrogen and oxygen atoms in total. The molecule has 0 unspecified atom stereocenters. The fourth-order valence-corrected chi connectivity index (χ4v) is 3.72. The van der Waals surface area contributed by atoms with Crippen LogP contribution in [0, 0.1) is 12.7 Å². The second-order valence-corrected chi connectivity index (χ2v) is 7.78. The van der Waals surface area contributed by atoms with Crippen molar-refractivity contribution in [3.8, 4) is 5.69 Å². The first-order chi connectivity index (χ1) is 14.3. The minimum atomic E-state index is -0.349. The number of carbonyl (C=O) groups is 1. The van der Waals surface area contributed by atoms with Gasteiger partial charge in [-0.3, -0.25) is 4.79 Å². The summed E-state index contributed by atoms with van der Waals surface area (Å²) < 4.78 is 14.7. The average molecular weight is 429 g/mol. The van der Waals surface area contributed by atoms with Gasteiger partial charge in [-0.2, -0.15) is 5.10 Å². The van der Waals surface area contributed by atoms with Crippen molar-refractivity contribution in [2.75, 3.05) is 20.6 Å². The quantitative estimate of drug-likeness (QED) is 0.599. The van der Waals surface area contributed by atoms with Crippen molar-refractivity contribution < 1.29 is 9.18 Å². The van der Waals surface area contributed by atoms with Crippen LogP contribution in [0.15, 0.2) is 48.5 Å². The van der Waals surface area contributed by atoms with Crippen molar-refractivity contribution in [2.24, 2.45) is 0 Å². The highest BCUT2D eigenvalue weighted by molar-refractivity contribution is 6.33. The van der Waals surface area contributed by atoms with E-state index in [2.05, 4.69) is 46.5 Å². The molecule has 1 amide bonds. The van der Waals surface area contributed by atoms with Gasteiger partial charge in [0.15, 0.2) is 0 Å². The molecule has 0 fully saturated rings. The Morgan fingerprint density at radius 3 is 2.37 bits per heavy atom. The largest absolute Gasteiger partial charge is 0.350 e. The third-order valence-electron chi connectivity index (χ3n) is 5.15. The van der Waals surface area contributed by atoms with E-state index in [1.165, 1.54) is 22.4 Å². The Kier molecular flexibility index (Phi) is 6.90. The number of halogens is 2. The van der Waals surface area contributed by atoms with Gasteiger partial charge in [0.1, 0.15) is 11.0 Å². The highest BCUT2D eigenvalue weighted by atomic mass is 35.5. The molecule has 3 rings (SSSR count). The van der Waals surface area contributed by atoms with Crippen LogP contribution in [0.25, 0.3) is 5.69 Å². The fourth-order valence-electron chi connectivity index (χ4n) is 3.36. The fraction of sp³-hybridized carbons (Fsp3) is 0.304. The molecule has 0 spiro atoms. The lowest BCUT2D eigenvalue weighted by Crippen LogP contribution is -2.34. The van der Waals surface area contributed by atoms with Crippen molar-refractivity contribution in [1.82, 2.24) is 20.0 Å². The second-order valence-electron chi connectivity index (χ2n) is 7.42. The van der Waals surface area contributed by atoms with E-state index in [1.807, 2.05) is 14.1 Å². The van der Waals surface area contributed by atoms with Crippen molar-refractivity contribution in [3.63, 3.8) is 0 Å². The molecular formula is C23H26ClFN4O. The highest BCUT2D eigenvalue weighted by Crippen LogP contribution is 2.24. The standard InChI is InChI=1S/C23H26ClFN4O/c1-5-16-6-8-17(9-7-16)20(28(3)4)14-26-23(30)21-15(2)27-29(22(21)24)19-12-10-18(25)11-13-19/h6-13,20H,5,14H2,1-4H3,(H,26,30)/t20-/m1/s1. The Morgan fingerprint density at radius 1 is 1.17 bits per heavy atom. The Balaban J connectivity index is 1.78. The van der Waals surface area contributed by atoms with Gasteiger partial charge in [-0.25, -0.2) is 9.07 Å². The monoisotopic (exact) mass is 428 g/mol. The maximum absolute atomic E-state index is 13.2. The van der Waals surface area contributed by atoms with Gasteiger partial charge in [0.25, 0.3) is 5.91 Å². The van der Waals surface area contributed by atoms with E-state index < -0.39 is 0 Å². The number of rotatable bonds is 7. The van der Waals surface area contributed by atoms with Crippen LogP contribution in [0.2, 0.25) is 5.15 Å². The second kappa shape index (κ2) is 9.41. The van der Waals surface area contributed by atoms with E-state index in [0.29, 0.717) is 23.5 Å². The zero-order valence-corrected chi connectivity index (χ0v) is 18.4. The third-order valence-corrected chi connectivity index (χ3v) is 5.50. The zero-order valence-electron chi connectivity index (χ0n) is 17.6. The molecule has 0 saturated heterocycles. The van der Waals surface area contributed by atoms with Crippen LogP contribution in [0.4, 0.5) is 4.39 Å². The number of hydrogen-bond donors (Lipinski definition) is 1. The summed E-state index contributed by atoms with van der Waals surface area (Å²) in [4.78, 5) is 15.0. The van der Waals surface area contributed by atoms with E-state index in [0.717, 1.165) is 12.0 Å². The Bertz CT molecular complexity index is 1010. The van der Waals surface area contributed by atoms with Gasteiger partial charge in [-0.15, -0.1) is 0 Å². The van der Waals surface area contributed by atoms with E-state index in [4.69, 9.17) is 11.6 Å². The predicted octanol–water partition coefficient (Wildman–Crippen LogP) is 4.57. The first kappa shape index (κ1) is 22.0. The molecule has 0 saturated carbocycles. The molecule has 1 atom stereocenters. The van der Waals surface area contributed by atoms with E-state index in [-0.39, 0.29) is 22.9 Å². The van der Waals surface area contributed by atoms with Crippen molar-refractivity contribution in [2.45, 2.75) is 26.3 Å². The molecular weight excluding hydrogens is 403 g/mol. The molecule has 0 radical (unpaired) electrons. The number of nitrogens with zero attached hydrogens (tertiary/aromatic N) is 3. The van der Waals surface area contributed by atoms with Crippen LogP contribution < -0.4 is 5.32 Å². The molecule has 1 heterocycles. The molecule has 3 aromatic rings. The normalized spacial score (nSPS) is 12.2. The molecule has 1 aromatic heterocycles. The van der Waals surface area contributed by atoms with Gasteiger partial charge in [-0.1, -0.05) is 42.8 Å². The Hall–Kier alpha value is -2.70. The number of nitrogens with one attached hydrogen (secondary N) is 1. The smallest absolute Gasteiger partial charge is 0.256 e. The lowest BCUT2D eigenvalue weighted by Gasteiger charge is -2.25. The van der Waals surface area contributed by atoms with Crippen LogP contribution in [0.5, 0.6) is 0 Å². The van der Waals surface area contributed by atoms with E-state index in [1.54, 1.807) is 19.1 Å². The Labute approximate surface area is 181 Å². The molecule has 0 bridgehead atoms. The maximum Gasteiger partial charge on any atom is 0.256 e. The number of benzene rings is 2. The van der Waals surface area contributed by atoms with Crippen LogP contribution in [-0.2, 0) is 6.42 Å². The third kappa shape index (κ3) is 4.71. The van der Waals surface area contributed by atoms with Gasteiger partial charge in [0.2, 0.25) is 0 Å². The van der Waals surface area contributed by atoms with Gasteiger partial charge in [0.05, 0.1) is 23.0 Å². The molecule has 158 valence electrons. The summed E-state index contributed by atoms with van der Waals surface area (Å²) in [5, 5.41) is 7.55. The SMILES string of the molecule is CCc1ccc([C@@H](CNC(=O)c2c(C)nn(-c3ccc(F)cc3)c2Cl)N(C)C)cc1. The summed E-state index contributed by atoms with van der Waals surface area (Å²) >= 11 is 6.46. The van der Waals surface area contributed by atoms with Crippen LogP contribution >= 0.6 is 11.6 Å².